The Balaban J connectivity index is 1.98. The second kappa shape index (κ2) is 29.2. The molecule has 0 spiro atoms. The summed E-state index contributed by atoms with van der Waals surface area (Å²) in [6, 6.07) is 7.12. The second-order valence-corrected chi connectivity index (χ2v) is 23.4. The van der Waals surface area contributed by atoms with Crippen molar-refractivity contribution in [1.82, 2.24) is 40.4 Å². The molecule has 0 bridgehead atoms. The fourth-order valence-corrected chi connectivity index (χ4v) is 11.0. The fraction of sp³-hybridized carbons (Fsp3) is 0.650. The van der Waals surface area contributed by atoms with E-state index in [9.17, 15) is 38.7 Å². The zero-order chi connectivity index (χ0) is 59.3. The van der Waals surface area contributed by atoms with Crippen LogP contribution < -0.4 is 16.0 Å². The third-order valence-corrected chi connectivity index (χ3v) is 15.9. The maximum atomic E-state index is 15.3. The van der Waals surface area contributed by atoms with Crippen LogP contribution in [0.5, 0.6) is 0 Å². The number of fused-ring (bicyclic) bond motifs is 1. The molecule has 4 rings (SSSR count). The minimum absolute atomic E-state index is 0.0686. The Hall–Kier alpha value is -6.37. The quantitative estimate of drug-likeness (QED) is 0.200. The molecule has 8 amide bonds. The normalized spacial score (nSPS) is 26.8. The maximum absolute atomic E-state index is 15.3. The van der Waals surface area contributed by atoms with Gasteiger partial charge in [0.25, 0.3) is 5.91 Å². The molecule has 2 aliphatic rings. The van der Waals surface area contributed by atoms with E-state index in [4.69, 9.17) is 4.74 Å². The monoisotopic (exact) mass is 1100 g/mol. The van der Waals surface area contributed by atoms with E-state index in [1.54, 1.807) is 109 Å². The van der Waals surface area contributed by atoms with Crippen molar-refractivity contribution >= 4 is 53.2 Å². The Morgan fingerprint density at radius 1 is 0.544 bits per heavy atom. The Labute approximate surface area is 469 Å². The molecule has 2 saturated heterocycles. The molecule has 2 aliphatic heterocycles. The molecule has 2 fully saturated rings. The lowest BCUT2D eigenvalue weighted by atomic mass is 9.92. The van der Waals surface area contributed by atoms with Gasteiger partial charge in [0.15, 0.2) is 6.10 Å². The van der Waals surface area contributed by atoms with Crippen LogP contribution in [0.4, 0.5) is 0 Å². The average Bonchev–Trinajstić information content (AvgIpc) is 3.94. The highest BCUT2D eigenvalue weighted by atomic mass is 16.6. The van der Waals surface area contributed by atoms with Crippen LogP contribution in [-0.4, -0.2) is 172 Å². The number of nitrogens with zero attached hydrogens (tertiary/aromatic N) is 5. The molecule has 0 unspecified atom stereocenters. The summed E-state index contributed by atoms with van der Waals surface area (Å²) < 4.78 is 6.10. The number of aliphatic hydroxyl groups is 1. The lowest BCUT2D eigenvalue weighted by molar-refractivity contribution is -0.171. The van der Waals surface area contributed by atoms with Gasteiger partial charge in [0.2, 0.25) is 41.4 Å². The molecule has 438 valence electrons. The number of cyclic esters (lactones) is 1. The van der Waals surface area contributed by atoms with Gasteiger partial charge in [0.05, 0.1) is 0 Å². The standard InChI is InChI=1S/C60H92N8O11/c1-17-38(11)45-57(75)66(15)48(39(12)18-2)54(72)61-42(32-34(3)4)55(73)65(14)47(36(7)8)60(78)79-51(37(9)10)59(77)64(13)46(35(5)6)53(71)62-43(33-40-26-21-19-22-27-40)56(74)67(16)49(50(69)41-28-23-20-24-29-41)58(76)68-31-25-30-44(68)52(70)63-45/h19-24,26-29,34-39,42-51,69H,17-18,25,30-33H2,1-16H3,(H,61,72)(H,62,71)(H,63,70)/t38-,39-,42-,43-,44-,45+,46+,47+,48+,49-,50+,51-/m1/s1. The Morgan fingerprint density at radius 2 is 1.04 bits per heavy atom. The van der Waals surface area contributed by atoms with Crippen LogP contribution in [-0.2, 0) is 54.3 Å². The first-order valence-corrected chi connectivity index (χ1v) is 28.4. The molecule has 79 heavy (non-hydrogen) atoms. The van der Waals surface area contributed by atoms with Gasteiger partial charge in [-0.05, 0) is 65.9 Å². The predicted octanol–water partition coefficient (Wildman–Crippen LogP) is 4.75. The SMILES string of the molecule is CC[C@@H](C)[C@@H]1NC(=O)[C@H]2CCCN2C(=O)[C@@H]([C@@H](O)c2ccccc2)N(C)C(=O)[C@@H](Cc2ccccc2)NC(=O)[C@H](C(C)C)N(C)C(=O)[C@@H](C(C)C)OC(=O)[C@H](C(C)C)N(C)C(=O)[C@@H](CC(C)C)NC(=O)[C@H]([C@H](C)CC)N(C)C1=O. The zero-order valence-corrected chi connectivity index (χ0v) is 49.7. The lowest BCUT2D eigenvalue weighted by Gasteiger charge is -2.39. The minimum atomic E-state index is -1.64. The van der Waals surface area contributed by atoms with E-state index in [0.717, 1.165) is 4.90 Å². The van der Waals surface area contributed by atoms with Crippen molar-refractivity contribution in [3.05, 3.63) is 71.8 Å². The molecule has 2 aromatic rings. The smallest absolute Gasteiger partial charge is 0.329 e. The minimum Gasteiger partial charge on any atom is -0.450 e. The van der Waals surface area contributed by atoms with Gasteiger partial charge >= 0.3 is 5.97 Å². The first kappa shape index (κ1) is 65.2. The van der Waals surface area contributed by atoms with Gasteiger partial charge in [0, 0.05) is 41.2 Å². The molecule has 0 radical (unpaired) electrons. The van der Waals surface area contributed by atoms with Gasteiger partial charge in [-0.25, -0.2) is 4.79 Å². The number of carbonyl (C=O) groups is 9. The number of amides is 8. The molecule has 19 nitrogen and oxygen atoms in total. The Morgan fingerprint density at radius 3 is 1.57 bits per heavy atom. The van der Waals surface area contributed by atoms with Gasteiger partial charge in [-0.15, -0.1) is 0 Å². The van der Waals surface area contributed by atoms with E-state index in [-0.39, 0.29) is 31.7 Å². The highest BCUT2D eigenvalue weighted by Crippen LogP contribution is 2.29. The number of ether oxygens (including phenoxy) is 1. The Kier molecular flexibility index (Phi) is 24.1. The van der Waals surface area contributed by atoms with E-state index in [2.05, 4.69) is 16.0 Å². The number of carbonyl (C=O) groups excluding carboxylic acids is 9. The highest BCUT2D eigenvalue weighted by Gasteiger charge is 2.47. The topological polar surface area (TPSA) is 235 Å². The van der Waals surface area contributed by atoms with Gasteiger partial charge in [-0.3, -0.25) is 38.4 Å². The number of benzene rings is 2. The van der Waals surface area contributed by atoms with Crippen molar-refractivity contribution < 1.29 is 53.0 Å². The van der Waals surface area contributed by atoms with Gasteiger partial charge < -0.3 is 50.3 Å². The van der Waals surface area contributed by atoms with Crippen molar-refractivity contribution in [2.24, 2.45) is 35.5 Å². The molecular formula is C60H92N8O11. The third kappa shape index (κ3) is 15.9. The molecular weight excluding hydrogens is 1010 g/mol. The van der Waals surface area contributed by atoms with Crippen LogP contribution >= 0.6 is 0 Å². The fourth-order valence-electron chi connectivity index (χ4n) is 11.0. The summed E-state index contributed by atoms with van der Waals surface area (Å²) >= 11 is 0. The lowest BCUT2D eigenvalue weighted by Crippen LogP contribution is -2.62. The van der Waals surface area contributed by atoms with E-state index in [1.807, 2.05) is 34.6 Å². The van der Waals surface area contributed by atoms with Crippen LogP contribution in [0.2, 0.25) is 0 Å². The summed E-state index contributed by atoms with van der Waals surface area (Å²) in [4.78, 5) is 140. The third-order valence-electron chi connectivity index (χ3n) is 15.9. The van der Waals surface area contributed by atoms with Crippen molar-refractivity contribution in [1.29, 1.82) is 0 Å². The molecule has 2 heterocycles. The molecule has 0 aliphatic carbocycles. The van der Waals surface area contributed by atoms with E-state index >= 15 is 9.59 Å². The van der Waals surface area contributed by atoms with Gasteiger partial charge in [-0.2, -0.15) is 0 Å². The largest absolute Gasteiger partial charge is 0.450 e. The first-order valence-electron chi connectivity index (χ1n) is 28.4. The molecule has 12 atom stereocenters. The summed E-state index contributed by atoms with van der Waals surface area (Å²) in [6.45, 7) is 21.5. The van der Waals surface area contributed by atoms with E-state index in [1.165, 1.54) is 47.8 Å². The highest BCUT2D eigenvalue weighted by molar-refractivity contribution is 5.99. The summed E-state index contributed by atoms with van der Waals surface area (Å²) in [7, 11) is 5.70. The first-order chi connectivity index (χ1) is 37.1. The van der Waals surface area contributed by atoms with Crippen LogP contribution in [0.25, 0.3) is 0 Å². The maximum Gasteiger partial charge on any atom is 0.329 e. The van der Waals surface area contributed by atoms with Crippen molar-refractivity contribution in [2.45, 2.75) is 182 Å². The predicted molar refractivity (Wildman–Crippen MR) is 301 cm³/mol. The summed E-state index contributed by atoms with van der Waals surface area (Å²) in [5.74, 6) is -9.05. The number of nitrogens with one attached hydrogen (secondary N) is 3. The average molecular weight is 1100 g/mol. The molecule has 4 N–H and O–H groups in total. The number of aliphatic hydroxyl groups excluding tert-OH is 1. The van der Waals surface area contributed by atoms with E-state index in [0.29, 0.717) is 30.4 Å². The molecule has 0 aromatic heterocycles. The van der Waals surface area contributed by atoms with Crippen LogP contribution in [0, 0.1) is 35.5 Å². The van der Waals surface area contributed by atoms with Crippen LogP contribution in [0.3, 0.4) is 0 Å². The van der Waals surface area contributed by atoms with E-state index < -0.39 is 143 Å². The summed E-state index contributed by atoms with van der Waals surface area (Å²) in [6.07, 6.45) is -1.51. The van der Waals surface area contributed by atoms with Crippen LogP contribution in [0.1, 0.15) is 132 Å². The van der Waals surface area contributed by atoms with Crippen molar-refractivity contribution in [3.8, 4) is 0 Å². The molecule has 2 aromatic carbocycles. The summed E-state index contributed by atoms with van der Waals surface area (Å²) in [5, 5.41) is 21.1. The van der Waals surface area contributed by atoms with Gasteiger partial charge in [0.1, 0.15) is 54.4 Å². The van der Waals surface area contributed by atoms with Crippen molar-refractivity contribution in [2.75, 3.05) is 34.7 Å². The Bertz CT molecular complexity index is 2420. The van der Waals surface area contributed by atoms with Gasteiger partial charge in [-0.1, -0.05) is 157 Å². The number of hydrogen-bond acceptors (Lipinski definition) is 11. The number of hydrogen-bond donors (Lipinski definition) is 4. The molecule has 0 saturated carbocycles. The van der Waals surface area contributed by atoms with Crippen LogP contribution in [0.15, 0.2) is 60.7 Å². The molecule has 19 heteroatoms. The number of rotatable bonds is 13. The summed E-state index contributed by atoms with van der Waals surface area (Å²) in [5.41, 5.74) is 0.951. The number of esters is 1. The zero-order valence-electron chi connectivity index (χ0n) is 49.7. The second-order valence-electron chi connectivity index (χ2n) is 23.4. The number of likely N-dealkylation sites (N-methyl/N-ethyl adjacent to an activating group) is 4. The van der Waals surface area contributed by atoms with Crippen molar-refractivity contribution in [3.63, 3.8) is 0 Å².